The summed E-state index contributed by atoms with van der Waals surface area (Å²) in [6.07, 6.45) is 1.85. The Morgan fingerprint density at radius 3 is 2.50 bits per heavy atom. The van der Waals surface area contributed by atoms with Crippen LogP contribution in [0.5, 0.6) is 0 Å². The van der Waals surface area contributed by atoms with Crippen molar-refractivity contribution in [3.05, 3.63) is 74.8 Å². The number of fused-ring (bicyclic) bond motifs is 1. The Bertz CT molecular complexity index is 737. The quantitative estimate of drug-likeness (QED) is 0.466. The highest BCUT2D eigenvalue weighted by molar-refractivity contribution is 9.09. The predicted molar refractivity (Wildman–Crippen MR) is 86.9 cm³/mol. The van der Waals surface area contributed by atoms with Crippen molar-refractivity contribution in [3.63, 3.8) is 0 Å². The SMILES string of the molecule is O=C1C(=Cc2ccc(Cl)c(Cl)c2)C(Br)c2ccccc21. The van der Waals surface area contributed by atoms with E-state index in [1.54, 1.807) is 12.1 Å². The average Bonchev–Trinajstić information content (AvgIpc) is 2.69. The van der Waals surface area contributed by atoms with Crippen LogP contribution in [-0.4, -0.2) is 5.78 Å². The van der Waals surface area contributed by atoms with Crippen LogP contribution in [0.3, 0.4) is 0 Å². The van der Waals surface area contributed by atoms with Gasteiger partial charge < -0.3 is 0 Å². The van der Waals surface area contributed by atoms with Crippen molar-refractivity contribution >= 4 is 51.0 Å². The van der Waals surface area contributed by atoms with Gasteiger partial charge in [0.2, 0.25) is 0 Å². The summed E-state index contributed by atoms with van der Waals surface area (Å²) in [6, 6.07) is 12.9. The molecule has 0 N–H and O–H groups in total. The lowest BCUT2D eigenvalue weighted by atomic mass is 10.1. The first-order valence-corrected chi connectivity index (χ1v) is 7.69. The van der Waals surface area contributed by atoms with Gasteiger partial charge in [-0.2, -0.15) is 0 Å². The van der Waals surface area contributed by atoms with Gasteiger partial charge >= 0.3 is 0 Å². The normalized spacial score (nSPS) is 19.4. The summed E-state index contributed by atoms with van der Waals surface area (Å²) < 4.78 is 0. The van der Waals surface area contributed by atoms with E-state index in [0.29, 0.717) is 15.6 Å². The topological polar surface area (TPSA) is 17.1 Å². The van der Waals surface area contributed by atoms with Crippen molar-refractivity contribution in [2.24, 2.45) is 0 Å². The number of rotatable bonds is 1. The molecule has 0 fully saturated rings. The summed E-state index contributed by atoms with van der Waals surface area (Å²) in [7, 11) is 0. The number of carbonyl (C=O) groups is 1. The molecule has 3 rings (SSSR count). The molecule has 2 aromatic carbocycles. The van der Waals surface area contributed by atoms with Gasteiger partial charge in [0.1, 0.15) is 0 Å². The highest BCUT2D eigenvalue weighted by atomic mass is 79.9. The van der Waals surface area contributed by atoms with Gasteiger partial charge in [-0.15, -0.1) is 0 Å². The van der Waals surface area contributed by atoms with E-state index in [-0.39, 0.29) is 10.6 Å². The second kappa shape index (κ2) is 5.36. The van der Waals surface area contributed by atoms with Crippen molar-refractivity contribution < 1.29 is 4.79 Å². The molecule has 0 aromatic heterocycles. The predicted octanol–water partition coefficient (Wildman–Crippen LogP) is 5.71. The highest BCUT2D eigenvalue weighted by Gasteiger charge is 2.32. The van der Waals surface area contributed by atoms with Crippen LogP contribution in [0.2, 0.25) is 10.0 Å². The fourth-order valence-corrected chi connectivity index (χ4v) is 3.33. The zero-order chi connectivity index (χ0) is 14.3. The number of halogens is 3. The number of benzene rings is 2. The molecule has 0 spiro atoms. The van der Waals surface area contributed by atoms with Crippen LogP contribution in [-0.2, 0) is 0 Å². The van der Waals surface area contributed by atoms with E-state index in [1.807, 2.05) is 36.4 Å². The lowest BCUT2D eigenvalue weighted by molar-refractivity contribution is 0.104. The van der Waals surface area contributed by atoms with E-state index in [0.717, 1.165) is 16.7 Å². The smallest absolute Gasteiger partial charge is 0.190 e. The number of alkyl halides is 1. The van der Waals surface area contributed by atoms with Crippen LogP contribution < -0.4 is 0 Å². The number of allylic oxidation sites excluding steroid dienone is 1. The third-order valence-corrected chi connectivity index (χ3v) is 5.01. The van der Waals surface area contributed by atoms with Crippen LogP contribution in [0.1, 0.15) is 26.3 Å². The molecule has 1 unspecified atom stereocenters. The van der Waals surface area contributed by atoms with E-state index < -0.39 is 0 Å². The minimum Gasteiger partial charge on any atom is -0.289 e. The molecule has 1 atom stereocenters. The maximum Gasteiger partial charge on any atom is 0.190 e. The van der Waals surface area contributed by atoms with Gasteiger partial charge in [-0.1, -0.05) is 69.5 Å². The summed E-state index contributed by atoms with van der Waals surface area (Å²) in [6.45, 7) is 0. The van der Waals surface area contributed by atoms with E-state index in [9.17, 15) is 4.79 Å². The molecule has 4 heteroatoms. The molecule has 0 saturated heterocycles. The molecule has 0 bridgehead atoms. The Kier molecular flexibility index (Phi) is 3.72. The monoisotopic (exact) mass is 366 g/mol. The molecule has 0 saturated carbocycles. The Morgan fingerprint density at radius 1 is 1.05 bits per heavy atom. The molecular formula is C16H9BrCl2O. The Morgan fingerprint density at radius 2 is 1.80 bits per heavy atom. The molecular weight excluding hydrogens is 359 g/mol. The van der Waals surface area contributed by atoms with Gasteiger partial charge in [0.05, 0.1) is 14.9 Å². The number of ketones is 1. The lowest BCUT2D eigenvalue weighted by Crippen LogP contribution is -1.95. The maximum atomic E-state index is 12.4. The van der Waals surface area contributed by atoms with Gasteiger partial charge in [0.25, 0.3) is 0 Å². The number of Topliss-reactive ketones (excluding diaryl/α,β-unsaturated/α-hetero) is 1. The van der Waals surface area contributed by atoms with Crippen molar-refractivity contribution in [2.45, 2.75) is 4.83 Å². The van der Waals surface area contributed by atoms with Crippen LogP contribution in [0.15, 0.2) is 48.0 Å². The summed E-state index contributed by atoms with van der Waals surface area (Å²) in [5.74, 6) is 0.0496. The van der Waals surface area contributed by atoms with Crippen molar-refractivity contribution in [1.29, 1.82) is 0 Å². The lowest BCUT2D eigenvalue weighted by Gasteiger charge is -2.04. The van der Waals surface area contributed by atoms with Gasteiger partial charge in [-0.3, -0.25) is 4.79 Å². The van der Waals surface area contributed by atoms with Crippen molar-refractivity contribution in [2.75, 3.05) is 0 Å². The molecule has 1 nitrogen and oxygen atoms in total. The van der Waals surface area contributed by atoms with Crippen LogP contribution in [0.4, 0.5) is 0 Å². The van der Waals surface area contributed by atoms with Crippen molar-refractivity contribution in [3.8, 4) is 0 Å². The summed E-state index contributed by atoms with van der Waals surface area (Å²) >= 11 is 15.5. The second-order valence-electron chi connectivity index (χ2n) is 4.55. The molecule has 0 radical (unpaired) electrons. The zero-order valence-corrected chi connectivity index (χ0v) is 13.3. The third-order valence-electron chi connectivity index (χ3n) is 3.28. The zero-order valence-electron chi connectivity index (χ0n) is 10.2. The Balaban J connectivity index is 2.05. The highest BCUT2D eigenvalue weighted by Crippen LogP contribution is 2.42. The number of carbonyl (C=O) groups excluding carboxylic acids is 1. The van der Waals surface area contributed by atoms with Gasteiger partial charge in [-0.25, -0.2) is 0 Å². The first-order chi connectivity index (χ1) is 9.58. The van der Waals surface area contributed by atoms with Crippen LogP contribution in [0, 0.1) is 0 Å². The summed E-state index contributed by atoms with van der Waals surface area (Å²) in [5.41, 5.74) is 3.33. The van der Waals surface area contributed by atoms with E-state index in [1.165, 1.54) is 0 Å². The van der Waals surface area contributed by atoms with Crippen LogP contribution in [0.25, 0.3) is 6.08 Å². The summed E-state index contributed by atoms with van der Waals surface area (Å²) in [4.78, 5) is 12.3. The van der Waals surface area contributed by atoms with Crippen LogP contribution >= 0.6 is 39.1 Å². The van der Waals surface area contributed by atoms with Gasteiger partial charge in [0.15, 0.2) is 5.78 Å². The number of hydrogen-bond donors (Lipinski definition) is 0. The third kappa shape index (κ3) is 2.32. The molecule has 0 amide bonds. The molecule has 1 aliphatic carbocycles. The number of hydrogen-bond acceptors (Lipinski definition) is 1. The molecule has 2 aromatic rings. The minimum atomic E-state index is -0.0827. The second-order valence-corrected chi connectivity index (χ2v) is 6.28. The molecule has 0 aliphatic heterocycles. The fraction of sp³-hybridized carbons (Fsp3) is 0.0625. The average molecular weight is 368 g/mol. The Labute approximate surface area is 135 Å². The van der Waals surface area contributed by atoms with E-state index in [4.69, 9.17) is 23.2 Å². The van der Waals surface area contributed by atoms with E-state index in [2.05, 4.69) is 15.9 Å². The van der Waals surface area contributed by atoms with Crippen molar-refractivity contribution in [1.82, 2.24) is 0 Å². The minimum absolute atomic E-state index is 0.0496. The first-order valence-electron chi connectivity index (χ1n) is 6.02. The standard InChI is InChI=1S/C16H9BrCl2O/c17-15-10-3-1-2-4-11(10)16(20)12(15)7-9-5-6-13(18)14(19)8-9/h1-8,15H. The van der Waals surface area contributed by atoms with Gasteiger partial charge in [0, 0.05) is 11.1 Å². The maximum absolute atomic E-state index is 12.4. The van der Waals surface area contributed by atoms with Gasteiger partial charge in [-0.05, 0) is 29.3 Å². The largest absolute Gasteiger partial charge is 0.289 e. The first kappa shape index (κ1) is 13.9. The molecule has 20 heavy (non-hydrogen) atoms. The summed E-state index contributed by atoms with van der Waals surface area (Å²) in [5, 5.41) is 0.986. The fourth-order valence-electron chi connectivity index (χ4n) is 2.28. The molecule has 100 valence electrons. The Hall–Kier alpha value is -1.09. The molecule has 0 heterocycles. The molecule has 1 aliphatic rings. The van der Waals surface area contributed by atoms with E-state index >= 15 is 0 Å².